The topological polar surface area (TPSA) is 76.1 Å². The third-order valence-electron chi connectivity index (χ3n) is 5.08. The Kier molecular flexibility index (Phi) is 5.42. The molecule has 29 heavy (non-hydrogen) atoms. The molecule has 0 radical (unpaired) electrons. The molecule has 0 spiro atoms. The summed E-state index contributed by atoms with van der Waals surface area (Å²) in [7, 11) is 1.63. The number of carbonyl (C=O) groups is 1. The van der Waals surface area contributed by atoms with Crippen LogP contribution in [-0.4, -0.2) is 22.9 Å². The quantitative estimate of drug-likeness (QED) is 0.615. The van der Waals surface area contributed by atoms with E-state index in [4.69, 9.17) is 4.74 Å². The van der Waals surface area contributed by atoms with Crippen LogP contribution in [-0.2, 0) is 12.8 Å². The molecular formula is C23H24N4O2. The first kappa shape index (κ1) is 18.9. The highest BCUT2D eigenvalue weighted by molar-refractivity contribution is 6.03. The minimum Gasteiger partial charge on any atom is -0.495 e. The Morgan fingerprint density at radius 1 is 0.966 bits per heavy atom. The fourth-order valence-electron chi connectivity index (χ4n) is 3.62. The number of ketones is 1. The van der Waals surface area contributed by atoms with E-state index in [1.54, 1.807) is 7.11 Å². The fourth-order valence-corrected chi connectivity index (χ4v) is 3.62. The lowest BCUT2D eigenvalue weighted by Gasteiger charge is -2.20. The number of aryl methyl sites for hydroxylation is 2. The number of methoxy groups -OCH3 is 1. The summed E-state index contributed by atoms with van der Waals surface area (Å²) < 4.78 is 5.42. The van der Waals surface area contributed by atoms with Gasteiger partial charge in [-0.25, -0.2) is 4.98 Å². The second-order valence-electron chi connectivity index (χ2n) is 6.96. The standard InChI is InChI=1S/C23H24N4O2/c1-3-15-9-4-5-10-16(15)24-22-21-18(12-8-13-19(21)28)26-23(27-22)25-17-11-6-7-14-20(17)29-2/h4-7,9-11,14H,3,8,12-13H2,1-2H3,(H2,24,25,26,27). The van der Waals surface area contributed by atoms with Gasteiger partial charge in [-0.15, -0.1) is 0 Å². The zero-order valence-electron chi connectivity index (χ0n) is 16.7. The van der Waals surface area contributed by atoms with Gasteiger partial charge in [-0.1, -0.05) is 37.3 Å². The van der Waals surface area contributed by atoms with Gasteiger partial charge in [0.2, 0.25) is 5.95 Å². The van der Waals surface area contributed by atoms with Gasteiger partial charge in [-0.3, -0.25) is 4.79 Å². The molecule has 2 aromatic carbocycles. The zero-order chi connectivity index (χ0) is 20.2. The number of ether oxygens (including phenoxy) is 1. The van der Waals surface area contributed by atoms with Crippen molar-refractivity contribution < 1.29 is 9.53 Å². The number of benzene rings is 2. The summed E-state index contributed by atoms with van der Waals surface area (Å²) in [5, 5.41) is 6.64. The van der Waals surface area contributed by atoms with Gasteiger partial charge in [0, 0.05) is 12.1 Å². The Morgan fingerprint density at radius 3 is 2.52 bits per heavy atom. The Labute approximate surface area is 170 Å². The molecule has 0 saturated carbocycles. The van der Waals surface area contributed by atoms with E-state index in [9.17, 15) is 4.79 Å². The van der Waals surface area contributed by atoms with E-state index in [-0.39, 0.29) is 5.78 Å². The number of hydrogen-bond donors (Lipinski definition) is 2. The summed E-state index contributed by atoms with van der Waals surface area (Å²) in [5.41, 5.74) is 4.29. The fraction of sp³-hybridized carbons (Fsp3) is 0.261. The summed E-state index contributed by atoms with van der Waals surface area (Å²) in [4.78, 5) is 22.0. The van der Waals surface area contributed by atoms with Crippen molar-refractivity contribution in [3.05, 3.63) is 65.4 Å². The van der Waals surface area contributed by atoms with Gasteiger partial charge in [-0.2, -0.15) is 4.98 Å². The highest BCUT2D eigenvalue weighted by Gasteiger charge is 2.25. The Balaban J connectivity index is 1.77. The highest BCUT2D eigenvalue weighted by Crippen LogP contribution is 2.32. The van der Waals surface area contributed by atoms with Crippen LogP contribution in [0, 0.1) is 0 Å². The maximum absolute atomic E-state index is 12.7. The number of nitrogens with one attached hydrogen (secondary N) is 2. The second kappa shape index (κ2) is 8.31. The average Bonchev–Trinajstić information content (AvgIpc) is 2.74. The number of nitrogens with zero attached hydrogens (tertiary/aromatic N) is 2. The maximum atomic E-state index is 12.7. The van der Waals surface area contributed by atoms with Crippen molar-refractivity contribution in [2.45, 2.75) is 32.6 Å². The third-order valence-corrected chi connectivity index (χ3v) is 5.08. The molecule has 1 aromatic heterocycles. The first-order valence-corrected chi connectivity index (χ1v) is 9.88. The lowest BCUT2D eigenvalue weighted by atomic mass is 9.95. The van der Waals surface area contributed by atoms with Crippen molar-refractivity contribution in [1.82, 2.24) is 9.97 Å². The molecule has 0 bridgehead atoms. The van der Waals surface area contributed by atoms with Crippen molar-refractivity contribution in [3.8, 4) is 5.75 Å². The van der Waals surface area contributed by atoms with Gasteiger partial charge < -0.3 is 15.4 Å². The van der Waals surface area contributed by atoms with Gasteiger partial charge in [0.1, 0.15) is 11.6 Å². The smallest absolute Gasteiger partial charge is 0.229 e. The molecule has 0 amide bonds. The Morgan fingerprint density at radius 2 is 1.72 bits per heavy atom. The summed E-state index contributed by atoms with van der Waals surface area (Å²) in [5.74, 6) is 1.79. The monoisotopic (exact) mass is 388 g/mol. The van der Waals surface area contributed by atoms with E-state index in [1.807, 2.05) is 42.5 Å². The summed E-state index contributed by atoms with van der Waals surface area (Å²) in [6.07, 6.45) is 2.98. The second-order valence-corrected chi connectivity index (χ2v) is 6.96. The number of rotatable bonds is 6. The number of para-hydroxylation sites is 3. The number of anilines is 4. The number of Topliss-reactive ketones (excluding diaryl/α,β-unsaturated/α-hetero) is 1. The molecule has 3 aromatic rings. The largest absolute Gasteiger partial charge is 0.495 e. The van der Waals surface area contributed by atoms with Crippen molar-refractivity contribution in [2.24, 2.45) is 0 Å². The molecule has 1 aliphatic carbocycles. The van der Waals surface area contributed by atoms with Crippen LogP contribution in [0.1, 0.15) is 41.4 Å². The van der Waals surface area contributed by atoms with Crippen molar-refractivity contribution in [1.29, 1.82) is 0 Å². The van der Waals surface area contributed by atoms with E-state index in [2.05, 4.69) is 33.6 Å². The number of fused-ring (bicyclic) bond motifs is 1. The molecule has 0 saturated heterocycles. The molecule has 1 aliphatic rings. The minimum atomic E-state index is 0.0894. The molecule has 0 fully saturated rings. The van der Waals surface area contributed by atoms with Gasteiger partial charge in [-0.05, 0) is 43.0 Å². The van der Waals surface area contributed by atoms with Crippen LogP contribution >= 0.6 is 0 Å². The average molecular weight is 388 g/mol. The normalized spacial score (nSPS) is 13.0. The van der Waals surface area contributed by atoms with Crippen LogP contribution in [0.25, 0.3) is 0 Å². The van der Waals surface area contributed by atoms with Crippen molar-refractivity contribution >= 4 is 28.9 Å². The van der Waals surface area contributed by atoms with Crippen LogP contribution in [0.15, 0.2) is 48.5 Å². The molecule has 1 heterocycles. The van der Waals surface area contributed by atoms with Gasteiger partial charge in [0.15, 0.2) is 5.78 Å². The molecule has 0 atom stereocenters. The van der Waals surface area contributed by atoms with Gasteiger partial charge in [0.05, 0.1) is 24.1 Å². The van der Waals surface area contributed by atoms with Crippen LogP contribution < -0.4 is 15.4 Å². The van der Waals surface area contributed by atoms with E-state index < -0.39 is 0 Å². The van der Waals surface area contributed by atoms with Crippen molar-refractivity contribution in [3.63, 3.8) is 0 Å². The molecular weight excluding hydrogens is 364 g/mol. The predicted molar refractivity (Wildman–Crippen MR) is 115 cm³/mol. The van der Waals surface area contributed by atoms with Crippen LogP contribution in [0.4, 0.5) is 23.1 Å². The lowest BCUT2D eigenvalue weighted by Crippen LogP contribution is -2.18. The molecule has 148 valence electrons. The van der Waals surface area contributed by atoms with E-state index >= 15 is 0 Å². The van der Waals surface area contributed by atoms with Crippen molar-refractivity contribution in [2.75, 3.05) is 17.7 Å². The van der Waals surface area contributed by atoms with E-state index in [0.717, 1.165) is 36.3 Å². The first-order valence-electron chi connectivity index (χ1n) is 9.88. The molecule has 6 heteroatoms. The third kappa shape index (κ3) is 3.92. The predicted octanol–water partition coefficient (Wildman–Crippen LogP) is 5.05. The van der Waals surface area contributed by atoms with Crippen LogP contribution in [0.3, 0.4) is 0 Å². The molecule has 6 nitrogen and oxygen atoms in total. The Hall–Kier alpha value is -3.41. The van der Waals surface area contributed by atoms with Gasteiger partial charge in [0.25, 0.3) is 0 Å². The number of hydrogen-bond acceptors (Lipinski definition) is 6. The van der Waals surface area contributed by atoms with Crippen LogP contribution in [0.2, 0.25) is 0 Å². The number of carbonyl (C=O) groups excluding carboxylic acids is 1. The maximum Gasteiger partial charge on any atom is 0.229 e. The molecule has 4 rings (SSSR count). The molecule has 0 aliphatic heterocycles. The Bertz CT molecular complexity index is 1050. The summed E-state index contributed by atoms with van der Waals surface area (Å²) in [6, 6.07) is 15.7. The molecule has 0 unspecified atom stereocenters. The number of aromatic nitrogens is 2. The highest BCUT2D eigenvalue weighted by atomic mass is 16.5. The minimum absolute atomic E-state index is 0.0894. The SMILES string of the molecule is CCc1ccccc1Nc1nc(Nc2ccccc2OC)nc2c1C(=O)CCC2. The summed E-state index contributed by atoms with van der Waals surface area (Å²) >= 11 is 0. The first-order chi connectivity index (χ1) is 14.2. The van der Waals surface area contributed by atoms with E-state index in [0.29, 0.717) is 29.5 Å². The lowest BCUT2D eigenvalue weighted by molar-refractivity contribution is 0.0972. The summed E-state index contributed by atoms with van der Waals surface area (Å²) in [6.45, 7) is 2.11. The van der Waals surface area contributed by atoms with Gasteiger partial charge >= 0.3 is 0 Å². The van der Waals surface area contributed by atoms with E-state index in [1.165, 1.54) is 5.56 Å². The van der Waals surface area contributed by atoms with Crippen LogP contribution in [0.5, 0.6) is 5.75 Å². The molecule has 2 N–H and O–H groups in total. The zero-order valence-corrected chi connectivity index (χ0v) is 16.7.